The van der Waals surface area contributed by atoms with Crippen LogP contribution in [0.1, 0.15) is 49.9 Å². The first-order valence-corrected chi connectivity index (χ1v) is 9.92. The molecule has 27 heavy (non-hydrogen) atoms. The second-order valence-corrected chi connectivity index (χ2v) is 8.11. The third-order valence-electron chi connectivity index (χ3n) is 5.43. The van der Waals surface area contributed by atoms with E-state index in [2.05, 4.69) is 10.3 Å². The molecular formula is C19H24F3N3OS. The van der Waals surface area contributed by atoms with Crippen LogP contribution in [0.4, 0.5) is 13.2 Å². The Morgan fingerprint density at radius 2 is 1.96 bits per heavy atom. The number of nitrogens with one attached hydrogen (secondary N) is 1. The minimum absolute atomic E-state index is 0.0407. The van der Waals surface area contributed by atoms with Gasteiger partial charge in [-0.25, -0.2) is 4.99 Å². The first kappa shape index (κ1) is 20.1. The first-order chi connectivity index (χ1) is 12.8. The molecule has 148 valence electrons. The highest BCUT2D eigenvalue weighted by Crippen LogP contribution is 2.42. The third-order valence-corrected chi connectivity index (χ3v) is 6.12. The molecular weight excluding hydrogens is 375 g/mol. The fourth-order valence-electron chi connectivity index (χ4n) is 4.12. The summed E-state index contributed by atoms with van der Waals surface area (Å²) in [5.41, 5.74) is 6.14. The number of nitrogens with zero attached hydrogens (tertiary/aromatic N) is 1. The molecule has 1 aromatic rings. The molecule has 0 saturated heterocycles. The van der Waals surface area contributed by atoms with E-state index in [1.165, 1.54) is 12.1 Å². The van der Waals surface area contributed by atoms with E-state index < -0.39 is 17.9 Å². The average molecular weight is 399 g/mol. The van der Waals surface area contributed by atoms with Gasteiger partial charge in [0, 0.05) is 22.4 Å². The van der Waals surface area contributed by atoms with Crippen LogP contribution >= 0.6 is 12.0 Å². The number of aliphatic imine (C=N–C) groups is 1. The van der Waals surface area contributed by atoms with E-state index in [0.717, 1.165) is 49.5 Å². The minimum Gasteiger partial charge on any atom is -0.384 e. The van der Waals surface area contributed by atoms with E-state index in [0.29, 0.717) is 0 Å². The van der Waals surface area contributed by atoms with Gasteiger partial charge in [-0.2, -0.15) is 13.2 Å². The van der Waals surface area contributed by atoms with Gasteiger partial charge in [0.25, 0.3) is 0 Å². The lowest BCUT2D eigenvalue weighted by Crippen LogP contribution is -2.38. The second-order valence-electron chi connectivity index (χ2n) is 7.15. The summed E-state index contributed by atoms with van der Waals surface area (Å²) < 4.78 is 49.8. The summed E-state index contributed by atoms with van der Waals surface area (Å²) in [6.45, 7) is 1.98. The zero-order valence-corrected chi connectivity index (χ0v) is 15.9. The number of hydrogen-bond acceptors (Lipinski definition) is 5. The molecule has 4 N–H and O–H groups in total. The number of nitrogens with two attached hydrogens (primary N) is 1. The standard InChI is InChI=1S/C19H24F3N3OS/c1-11(27-26)12-6-2-3-7-13(12)16-10-17(23)25-18(24-16)14-8-4-5-9-15(14)19(20,21)22/h4-5,8-13,18,24,26H,2-3,6-7H2,1H3,(H2,23,25). The second kappa shape index (κ2) is 8.14. The molecule has 0 amide bonds. The van der Waals surface area contributed by atoms with Crippen LogP contribution in [0.3, 0.4) is 0 Å². The number of amidine groups is 1. The van der Waals surface area contributed by atoms with Gasteiger partial charge in [-0.15, -0.1) is 0 Å². The van der Waals surface area contributed by atoms with Crippen molar-refractivity contribution in [2.75, 3.05) is 0 Å². The number of hydrogen-bond donors (Lipinski definition) is 3. The molecule has 2 aliphatic rings. The van der Waals surface area contributed by atoms with Gasteiger partial charge in [0.15, 0.2) is 0 Å². The number of benzene rings is 1. The fourth-order valence-corrected chi connectivity index (χ4v) is 4.60. The van der Waals surface area contributed by atoms with Crippen LogP contribution in [-0.2, 0) is 6.18 Å². The monoisotopic (exact) mass is 399 g/mol. The minimum atomic E-state index is -4.46. The molecule has 0 aromatic heterocycles. The van der Waals surface area contributed by atoms with E-state index in [-0.39, 0.29) is 28.5 Å². The molecule has 1 aliphatic heterocycles. The Bertz CT molecular complexity index is 735. The van der Waals surface area contributed by atoms with Gasteiger partial charge in [-0.1, -0.05) is 38.0 Å². The van der Waals surface area contributed by atoms with Crippen molar-refractivity contribution in [3.05, 3.63) is 47.2 Å². The molecule has 4 atom stereocenters. The van der Waals surface area contributed by atoms with E-state index >= 15 is 0 Å². The number of allylic oxidation sites excluding steroid dienone is 1. The molecule has 1 aliphatic carbocycles. The highest BCUT2D eigenvalue weighted by molar-refractivity contribution is 7.94. The predicted molar refractivity (Wildman–Crippen MR) is 102 cm³/mol. The molecule has 3 rings (SSSR count). The molecule has 1 saturated carbocycles. The summed E-state index contributed by atoms with van der Waals surface area (Å²) in [6.07, 6.45) is 0.410. The summed E-state index contributed by atoms with van der Waals surface area (Å²) in [7, 11) is 0. The largest absolute Gasteiger partial charge is 0.416 e. The highest BCUT2D eigenvalue weighted by Gasteiger charge is 2.38. The maximum atomic E-state index is 13.4. The van der Waals surface area contributed by atoms with E-state index in [9.17, 15) is 17.7 Å². The Morgan fingerprint density at radius 1 is 1.26 bits per heavy atom. The normalized spacial score (nSPS) is 27.4. The van der Waals surface area contributed by atoms with Crippen LogP contribution in [0.2, 0.25) is 0 Å². The van der Waals surface area contributed by atoms with Crippen molar-refractivity contribution in [2.24, 2.45) is 22.6 Å². The molecule has 8 heteroatoms. The van der Waals surface area contributed by atoms with Gasteiger partial charge >= 0.3 is 6.18 Å². The lowest BCUT2D eigenvalue weighted by molar-refractivity contribution is -0.138. The van der Waals surface area contributed by atoms with Gasteiger partial charge in [-0.05, 0) is 42.9 Å². The Kier molecular flexibility index (Phi) is 6.05. The number of halogens is 3. The fraction of sp³-hybridized carbons (Fsp3) is 0.526. The summed E-state index contributed by atoms with van der Waals surface area (Å²) >= 11 is 0.838. The van der Waals surface area contributed by atoms with Crippen molar-refractivity contribution in [3.63, 3.8) is 0 Å². The molecule has 0 radical (unpaired) electrons. The SMILES string of the molecule is CC(SO)C1CCCCC1C1=CC(N)=NC(c2ccccc2C(F)(F)F)N1. The number of rotatable bonds is 4. The Labute approximate surface area is 161 Å². The Hall–Kier alpha value is -1.67. The van der Waals surface area contributed by atoms with E-state index in [1.807, 2.05) is 6.92 Å². The highest BCUT2D eigenvalue weighted by atomic mass is 32.2. The molecule has 0 spiro atoms. The van der Waals surface area contributed by atoms with Crippen LogP contribution < -0.4 is 11.1 Å². The summed E-state index contributed by atoms with van der Waals surface area (Å²) in [5.74, 6) is 0.569. The lowest BCUT2D eigenvalue weighted by atomic mass is 9.75. The summed E-state index contributed by atoms with van der Waals surface area (Å²) in [5, 5.41) is 3.23. The Balaban J connectivity index is 1.91. The van der Waals surface area contributed by atoms with Gasteiger partial charge < -0.3 is 15.6 Å². The average Bonchev–Trinajstić information content (AvgIpc) is 2.66. The molecule has 0 bridgehead atoms. The zero-order chi connectivity index (χ0) is 19.6. The number of alkyl halides is 3. The maximum Gasteiger partial charge on any atom is 0.416 e. The van der Waals surface area contributed by atoms with Gasteiger partial charge in [0.05, 0.1) is 5.56 Å². The van der Waals surface area contributed by atoms with Crippen LogP contribution in [0.25, 0.3) is 0 Å². The Morgan fingerprint density at radius 3 is 2.67 bits per heavy atom. The van der Waals surface area contributed by atoms with Crippen molar-refractivity contribution in [1.82, 2.24) is 5.32 Å². The van der Waals surface area contributed by atoms with E-state index in [4.69, 9.17) is 5.73 Å². The quantitative estimate of drug-likeness (QED) is 0.627. The van der Waals surface area contributed by atoms with Gasteiger partial charge in [0.1, 0.15) is 12.0 Å². The van der Waals surface area contributed by atoms with Crippen molar-refractivity contribution in [2.45, 2.75) is 50.2 Å². The molecule has 4 unspecified atom stereocenters. The van der Waals surface area contributed by atoms with Crippen LogP contribution in [-0.4, -0.2) is 15.6 Å². The summed E-state index contributed by atoms with van der Waals surface area (Å²) in [4.78, 5) is 4.21. The van der Waals surface area contributed by atoms with Gasteiger partial charge in [0.2, 0.25) is 0 Å². The lowest BCUT2D eigenvalue weighted by Gasteiger charge is -2.38. The van der Waals surface area contributed by atoms with Crippen LogP contribution in [0, 0.1) is 11.8 Å². The van der Waals surface area contributed by atoms with Crippen molar-refractivity contribution in [3.8, 4) is 0 Å². The molecule has 4 nitrogen and oxygen atoms in total. The van der Waals surface area contributed by atoms with Crippen molar-refractivity contribution >= 4 is 17.9 Å². The summed E-state index contributed by atoms with van der Waals surface area (Å²) in [6, 6.07) is 5.44. The van der Waals surface area contributed by atoms with Gasteiger partial charge in [-0.3, -0.25) is 0 Å². The maximum absolute atomic E-state index is 13.4. The molecule has 1 aromatic carbocycles. The van der Waals surface area contributed by atoms with Crippen LogP contribution in [0.15, 0.2) is 41.0 Å². The van der Waals surface area contributed by atoms with Crippen LogP contribution in [0.5, 0.6) is 0 Å². The first-order valence-electron chi connectivity index (χ1n) is 9.09. The smallest absolute Gasteiger partial charge is 0.384 e. The van der Waals surface area contributed by atoms with E-state index in [1.54, 1.807) is 12.1 Å². The third kappa shape index (κ3) is 4.43. The predicted octanol–water partition coefficient (Wildman–Crippen LogP) is 4.95. The zero-order valence-electron chi connectivity index (χ0n) is 15.0. The van der Waals surface area contributed by atoms with Crippen molar-refractivity contribution in [1.29, 1.82) is 0 Å². The topological polar surface area (TPSA) is 70.6 Å². The molecule has 1 fully saturated rings. The van der Waals surface area contributed by atoms with Crippen molar-refractivity contribution < 1.29 is 17.7 Å². The molecule has 1 heterocycles.